The molecule has 0 bridgehead atoms. The maximum Gasteiger partial charge on any atom is 0.275 e. The molecule has 3 heterocycles. The van der Waals surface area contributed by atoms with Crippen molar-refractivity contribution in [3.05, 3.63) is 59.2 Å². The van der Waals surface area contributed by atoms with E-state index in [-0.39, 0.29) is 11.8 Å². The van der Waals surface area contributed by atoms with Gasteiger partial charge in [-0.05, 0) is 18.2 Å². The number of aromatic nitrogens is 2. The zero-order valence-electron chi connectivity index (χ0n) is 19.2. The van der Waals surface area contributed by atoms with Gasteiger partial charge in [0.05, 0.1) is 0 Å². The first-order chi connectivity index (χ1) is 16.5. The van der Waals surface area contributed by atoms with E-state index >= 15 is 0 Å². The summed E-state index contributed by atoms with van der Waals surface area (Å²) in [6.45, 7) is 6.93. The van der Waals surface area contributed by atoms with Gasteiger partial charge in [-0.3, -0.25) is 9.59 Å². The van der Waals surface area contributed by atoms with Crippen molar-refractivity contribution in [2.24, 2.45) is 0 Å². The third-order valence-electron chi connectivity index (χ3n) is 6.64. The van der Waals surface area contributed by atoms with E-state index < -0.39 is 0 Å². The lowest BCUT2D eigenvalue weighted by Crippen LogP contribution is -2.50. The summed E-state index contributed by atoms with van der Waals surface area (Å²) < 4.78 is 0. The van der Waals surface area contributed by atoms with Crippen molar-refractivity contribution in [2.45, 2.75) is 6.92 Å². The summed E-state index contributed by atoms with van der Waals surface area (Å²) >= 11 is 6.17. The minimum atomic E-state index is -0.135. The molecule has 3 aromatic rings. The second-order valence-corrected chi connectivity index (χ2v) is 9.11. The molecule has 34 heavy (non-hydrogen) atoms. The fourth-order valence-electron chi connectivity index (χ4n) is 4.70. The molecule has 1 aromatic heterocycles. The number of hydrogen-bond acceptors (Lipinski definition) is 6. The largest absolute Gasteiger partial charge is 0.368 e. The molecule has 5 rings (SSSR count). The van der Waals surface area contributed by atoms with Crippen molar-refractivity contribution in [3.8, 4) is 0 Å². The predicted molar refractivity (Wildman–Crippen MR) is 134 cm³/mol. The van der Waals surface area contributed by atoms with Crippen LogP contribution in [0.2, 0.25) is 5.02 Å². The number of carbonyl (C=O) groups excluding carboxylic acids is 2. The summed E-state index contributed by atoms with van der Waals surface area (Å²) in [4.78, 5) is 33.0. The van der Waals surface area contributed by atoms with Crippen molar-refractivity contribution in [1.29, 1.82) is 0 Å². The quantitative estimate of drug-likeness (QED) is 0.576. The second kappa shape index (κ2) is 9.46. The maximum atomic E-state index is 13.3. The van der Waals surface area contributed by atoms with Crippen LogP contribution in [0.3, 0.4) is 0 Å². The zero-order valence-corrected chi connectivity index (χ0v) is 19.9. The van der Waals surface area contributed by atoms with Crippen LogP contribution in [0.5, 0.6) is 0 Å². The summed E-state index contributed by atoms with van der Waals surface area (Å²) in [6, 6.07) is 15.8. The smallest absolute Gasteiger partial charge is 0.275 e. The van der Waals surface area contributed by atoms with Gasteiger partial charge in [0.2, 0.25) is 5.91 Å². The van der Waals surface area contributed by atoms with Gasteiger partial charge in [-0.15, -0.1) is 10.2 Å². The van der Waals surface area contributed by atoms with Crippen LogP contribution in [-0.2, 0) is 4.79 Å². The highest BCUT2D eigenvalue weighted by Gasteiger charge is 2.27. The number of piperazine rings is 2. The number of carbonyl (C=O) groups is 2. The Morgan fingerprint density at radius 3 is 2.09 bits per heavy atom. The summed E-state index contributed by atoms with van der Waals surface area (Å²) in [5.41, 5.74) is 1.49. The van der Waals surface area contributed by atoms with E-state index in [0.29, 0.717) is 31.9 Å². The Labute approximate surface area is 203 Å². The van der Waals surface area contributed by atoms with Gasteiger partial charge in [0.1, 0.15) is 0 Å². The maximum absolute atomic E-state index is 13.3. The van der Waals surface area contributed by atoms with E-state index in [1.807, 2.05) is 42.5 Å². The molecule has 0 spiro atoms. The first kappa shape index (κ1) is 22.4. The third kappa shape index (κ3) is 4.37. The Morgan fingerprint density at radius 1 is 0.765 bits per heavy atom. The summed E-state index contributed by atoms with van der Waals surface area (Å²) in [5, 5.41) is 11.4. The molecule has 0 aliphatic carbocycles. The molecule has 2 saturated heterocycles. The molecule has 0 atom stereocenters. The Bertz CT molecular complexity index is 1220. The third-order valence-corrected chi connectivity index (χ3v) is 6.87. The Kier molecular flexibility index (Phi) is 6.24. The average molecular weight is 479 g/mol. The Hall–Kier alpha value is -3.39. The number of halogens is 1. The molecule has 0 unspecified atom stereocenters. The molecule has 0 radical (unpaired) electrons. The monoisotopic (exact) mass is 478 g/mol. The van der Waals surface area contributed by atoms with Gasteiger partial charge in [-0.25, -0.2) is 0 Å². The molecule has 2 fully saturated rings. The molecular weight excluding hydrogens is 452 g/mol. The van der Waals surface area contributed by atoms with E-state index in [9.17, 15) is 9.59 Å². The summed E-state index contributed by atoms with van der Waals surface area (Å²) in [5.74, 6) is 0.709. The fourth-order valence-corrected chi connectivity index (χ4v) is 4.89. The van der Waals surface area contributed by atoms with Gasteiger partial charge in [-0.2, -0.15) is 0 Å². The highest BCUT2D eigenvalue weighted by molar-refractivity contribution is 6.30. The number of benzene rings is 2. The number of amides is 2. The van der Waals surface area contributed by atoms with Gasteiger partial charge in [0.25, 0.3) is 5.91 Å². The fraction of sp³-hybridized carbons (Fsp3) is 0.360. The van der Waals surface area contributed by atoms with E-state index in [1.54, 1.807) is 16.7 Å². The standard InChI is InChI=1S/C25H27ClN6O2/c1-18(33)29-9-15-32(16-10-29)25(34)23-21-7-2-3-8-22(21)24(28-27-23)31-13-11-30(12-14-31)20-6-4-5-19(26)17-20/h2-8,17H,9-16H2,1H3. The van der Waals surface area contributed by atoms with Gasteiger partial charge in [-0.1, -0.05) is 41.9 Å². The van der Waals surface area contributed by atoms with Crippen LogP contribution in [0.15, 0.2) is 48.5 Å². The molecule has 176 valence electrons. The molecule has 2 aromatic carbocycles. The molecule has 0 N–H and O–H groups in total. The summed E-state index contributed by atoms with van der Waals surface area (Å²) in [7, 11) is 0. The van der Waals surface area contributed by atoms with E-state index in [1.165, 1.54) is 0 Å². The number of fused-ring (bicyclic) bond motifs is 1. The molecule has 8 nitrogen and oxygen atoms in total. The van der Waals surface area contributed by atoms with Crippen LogP contribution >= 0.6 is 11.6 Å². The number of anilines is 2. The summed E-state index contributed by atoms with van der Waals surface area (Å²) in [6.07, 6.45) is 0. The van der Waals surface area contributed by atoms with Crippen LogP contribution in [0.4, 0.5) is 11.5 Å². The lowest BCUT2D eigenvalue weighted by atomic mass is 10.1. The van der Waals surface area contributed by atoms with Gasteiger partial charge >= 0.3 is 0 Å². The molecule has 2 aliphatic rings. The van der Waals surface area contributed by atoms with Crippen LogP contribution in [0.1, 0.15) is 17.4 Å². The zero-order chi connectivity index (χ0) is 23.7. The predicted octanol–water partition coefficient (Wildman–Crippen LogP) is 2.91. The Balaban J connectivity index is 1.35. The first-order valence-electron chi connectivity index (χ1n) is 11.6. The lowest BCUT2D eigenvalue weighted by molar-refractivity contribution is -0.130. The molecule has 9 heteroatoms. The SMILES string of the molecule is CC(=O)N1CCN(C(=O)c2nnc(N3CCN(c4cccc(Cl)c4)CC3)c3ccccc23)CC1. The van der Waals surface area contributed by atoms with Crippen LogP contribution in [0.25, 0.3) is 10.8 Å². The number of rotatable bonds is 3. The molecule has 2 amide bonds. The van der Waals surface area contributed by atoms with E-state index in [4.69, 9.17) is 11.6 Å². The topological polar surface area (TPSA) is 72.9 Å². The van der Waals surface area contributed by atoms with Crippen LogP contribution < -0.4 is 9.80 Å². The Morgan fingerprint density at radius 2 is 1.41 bits per heavy atom. The van der Waals surface area contributed by atoms with E-state index in [2.05, 4.69) is 26.1 Å². The van der Waals surface area contributed by atoms with Crippen molar-refractivity contribution >= 4 is 45.7 Å². The highest BCUT2D eigenvalue weighted by atomic mass is 35.5. The number of hydrogen-bond donors (Lipinski definition) is 0. The normalized spacial score (nSPS) is 16.8. The van der Waals surface area contributed by atoms with Gasteiger partial charge in [0.15, 0.2) is 11.5 Å². The number of nitrogens with zero attached hydrogens (tertiary/aromatic N) is 6. The van der Waals surface area contributed by atoms with Crippen molar-refractivity contribution in [1.82, 2.24) is 20.0 Å². The van der Waals surface area contributed by atoms with Gasteiger partial charge < -0.3 is 19.6 Å². The van der Waals surface area contributed by atoms with Crippen LogP contribution in [0, 0.1) is 0 Å². The second-order valence-electron chi connectivity index (χ2n) is 8.67. The first-order valence-corrected chi connectivity index (χ1v) is 11.9. The molecule has 2 aliphatic heterocycles. The molecular formula is C25H27ClN6O2. The van der Waals surface area contributed by atoms with Crippen molar-refractivity contribution < 1.29 is 9.59 Å². The average Bonchev–Trinajstić information content (AvgIpc) is 2.88. The molecule has 0 saturated carbocycles. The highest BCUT2D eigenvalue weighted by Crippen LogP contribution is 2.29. The van der Waals surface area contributed by atoms with Crippen molar-refractivity contribution in [2.75, 3.05) is 62.2 Å². The van der Waals surface area contributed by atoms with Crippen LogP contribution in [-0.4, -0.2) is 84.2 Å². The minimum Gasteiger partial charge on any atom is -0.368 e. The van der Waals surface area contributed by atoms with Crippen molar-refractivity contribution in [3.63, 3.8) is 0 Å². The lowest BCUT2D eigenvalue weighted by Gasteiger charge is -2.37. The minimum absolute atomic E-state index is 0.0390. The van der Waals surface area contributed by atoms with E-state index in [0.717, 1.165) is 53.5 Å². The van der Waals surface area contributed by atoms with Gasteiger partial charge in [0, 0.05) is 80.8 Å².